The highest BCUT2D eigenvalue weighted by atomic mass is 32.1. The second-order valence-electron chi connectivity index (χ2n) is 3.94. The summed E-state index contributed by atoms with van der Waals surface area (Å²) in [6, 6.07) is 3.71. The zero-order valence-electron chi connectivity index (χ0n) is 10.8. The summed E-state index contributed by atoms with van der Waals surface area (Å²) in [5, 5.41) is 6.54. The van der Waals surface area contributed by atoms with Gasteiger partial charge in [-0.25, -0.2) is 0 Å². The third-order valence-corrected chi connectivity index (χ3v) is 3.40. The number of methoxy groups -OCH3 is 1. The van der Waals surface area contributed by atoms with Crippen LogP contribution < -0.4 is 5.32 Å². The number of hydrogen-bond donors (Lipinski definition) is 1. The average molecular weight is 281 g/mol. The van der Waals surface area contributed by atoms with Gasteiger partial charge in [-0.3, -0.25) is 4.79 Å². The zero-order chi connectivity index (χ0) is 13.7. The van der Waals surface area contributed by atoms with Gasteiger partial charge in [0.15, 0.2) is 5.82 Å². The van der Waals surface area contributed by atoms with Crippen molar-refractivity contribution in [2.45, 2.75) is 19.9 Å². The summed E-state index contributed by atoms with van der Waals surface area (Å²) in [5.41, 5.74) is 0. The van der Waals surface area contributed by atoms with E-state index in [-0.39, 0.29) is 12.5 Å². The van der Waals surface area contributed by atoms with Crippen molar-refractivity contribution in [2.75, 3.05) is 13.7 Å². The maximum absolute atomic E-state index is 11.8. The maximum Gasteiger partial charge on any atom is 0.261 e. The molecule has 2 heterocycles. The van der Waals surface area contributed by atoms with Gasteiger partial charge in [-0.2, -0.15) is 4.98 Å². The van der Waals surface area contributed by atoms with Crippen molar-refractivity contribution in [3.8, 4) is 0 Å². The molecule has 0 fully saturated rings. The lowest BCUT2D eigenvalue weighted by atomic mass is 10.4. The smallest absolute Gasteiger partial charge is 0.261 e. The van der Waals surface area contributed by atoms with Crippen molar-refractivity contribution in [3.63, 3.8) is 0 Å². The van der Waals surface area contributed by atoms with E-state index in [4.69, 9.17) is 9.26 Å². The molecule has 0 radical (unpaired) electrons. The molecular formula is C12H15N3O3S. The highest BCUT2D eigenvalue weighted by Crippen LogP contribution is 2.14. The quantitative estimate of drug-likeness (QED) is 0.869. The Morgan fingerprint density at radius 3 is 3.05 bits per heavy atom. The fraction of sp³-hybridized carbons (Fsp3) is 0.417. The lowest BCUT2D eigenvalue weighted by Gasteiger charge is -1.98. The number of aromatic nitrogens is 2. The number of hydrogen-bond acceptors (Lipinski definition) is 6. The molecule has 0 aliphatic carbocycles. The summed E-state index contributed by atoms with van der Waals surface area (Å²) in [6.45, 7) is 2.75. The fourth-order valence-corrected chi connectivity index (χ4v) is 2.24. The molecule has 1 N–H and O–H groups in total. The van der Waals surface area contributed by atoms with E-state index in [2.05, 4.69) is 15.5 Å². The first-order valence-electron chi connectivity index (χ1n) is 5.84. The van der Waals surface area contributed by atoms with Gasteiger partial charge in [0.1, 0.15) is 0 Å². The van der Waals surface area contributed by atoms with E-state index in [0.717, 1.165) is 4.88 Å². The van der Waals surface area contributed by atoms with Gasteiger partial charge in [-0.15, -0.1) is 11.3 Å². The van der Waals surface area contributed by atoms with Crippen LogP contribution in [0.1, 0.15) is 26.3 Å². The van der Waals surface area contributed by atoms with Crippen LogP contribution >= 0.6 is 11.3 Å². The Bertz CT molecular complexity index is 550. The van der Waals surface area contributed by atoms with Crippen molar-refractivity contribution in [2.24, 2.45) is 0 Å². The van der Waals surface area contributed by atoms with E-state index in [9.17, 15) is 4.79 Å². The summed E-state index contributed by atoms with van der Waals surface area (Å²) in [6.07, 6.45) is 0.571. The van der Waals surface area contributed by atoms with E-state index in [1.54, 1.807) is 13.2 Å². The SMILES string of the molecule is COCCc1nc(CNC(=O)c2ccc(C)s2)no1. The predicted molar refractivity (Wildman–Crippen MR) is 70.1 cm³/mol. The van der Waals surface area contributed by atoms with E-state index < -0.39 is 0 Å². The summed E-state index contributed by atoms with van der Waals surface area (Å²) in [5.74, 6) is 0.854. The molecule has 0 aliphatic heterocycles. The number of nitrogens with one attached hydrogen (secondary N) is 1. The van der Waals surface area contributed by atoms with Gasteiger partial charge in [-0.05, 0) is 19.1 Å². The van der Waals surface area contributed by atoms with E-state index in [1.165, 1.54) is 11.3 Å². The number of carbonyl (C=O) groups excluding carboxylic acids is 1. The summed E-state index contributed by atoms with van der Waals surface area (Å²) >= 11 is 1.45. The number of carbonyl (C=O) groups is 1. The molecule has 19 heavy (non-hydrogen) atoms. The molecule has 2 aromatic rings. The van der Waals surface area contributed by atoms with E-state index >= 15 is 0 Å². The topological polar surface area (TPSA) is 77.2 Å². The van der Waals surface area contributed by atoms with E-state index in [1.807, 2.05) is 13.0 Å². The van der Waals surface area contributed by atoms with Crippen molar-refractivity contribution in [1.82, 2.24) is 15.5 Å². The molecule has 0 saturated heterocycles. The monoisotopic (exact) mass is 281 g/mol. The molecule has 0 unspecified atom stereocenters. The highest BCUT2D eigenvalue weighted by Gasteiger charge is 2.10. The zero-order valence-corrected chi connectivity index (χ0v) is 11.6. The Kier molecular flexibility index (Phi) is 4.64. The molecule has 2 aromatic heterocycles. The predicted octanol–water partition coefficient (Wildman–Crippen LogP) is 1.56. The van der Waals surface area contributed by atoms with Gasteiger partial charge in [0.25, 0.3) is 5.91 Å². The fourth-order valence-electron chi connectivity index (χ4n) is 1.46. The highest BCUT2D eigenvalue weighted by molar-refractivity contribution is 7.13. The first-order valence-corrected chi connectivity index (χ1v) is 6.65. The second-order valence-corrected chi connectivity index (χ2v) is 5.23. The summed E-state index contributed by atoms with van der Waals surface area (Å²) in [7, 11) is 1.61. The Balaban J connectivity index is 1.85. The number of nitrogens with zero attached hydrogens (tertiary/aromatic N) is 2. The molecule has 0 bridgehead atoms. The van der Waals surface area contributed by atoms with Gasteiger partial charge in [0.05, 0.1) is 24.4 Å². The van der Waals surface area contributed by atoms with Crippen LogP contribution in [-0.2, 0) is 17.7 Å². The molecule has 0 spiro atoms. The minimum absolute atomic E-state index is 0.124. The molecule has 0 atom stereocenters. The lowest BCUT2D eigenvalue weighted by Crippen LogP contribution is -2.22. The van der Waals surface area contributed by atoms with Crippen LogP contribution in [0.25, 0.3) is 0 Å². The number of ether oxygens (including phenoxy) is 1. The second kappa shape index (κ2) is 6.44. The normalized spacial score (nSPS) is 10.6. The third-order valence-electron chi connectivity index (χ3n) is 2.40. The molecule has 7 heteroatoms. The van der Waals surface area contributed by atoms with Crippen molar-refractivity contribution >= 4 is 17.2 Å². The van der Waals surface area contributed by atoms with Crippen LogP contribution in [0.4, 0.5) is 0 Å². The van der Waals surface area contributed by atoms with Gasteiger partial charge in [-0.1, -0.05) is 5.16 Å². The van der Waals surface area contributed by atoms with Gasteiger partial charge in [0.2, 0.25) is 5.89 Å². The van der Waals surface area contributed by atoms with Crippen LogP contribution in [0.15, 0.2) is 16.7 Å². The first-order chi connectivity index (χ1) is 9.19. The van der Waals surface area contributed by atoms with E-state index in [0.29, 0.717) is 29.6 Å². The molecule has 2 rings (SSSR count). The minimum Gasteiger partial charge on any atom is -0.384 e. The van der Waals surface area contributed by atoms with Crippen LogP contribution in [0.2, 0.25) is 0 Å². The Labute approximate surface area is 114 Å². The number of amides is 1. The third kappa shape index (κ3) is 3.87. The van der Waals surface area contributed by atoms with Crippen LogP contribution in [0, 0.1) is 6.92 Å². The summed E-state index contributed by atoms with van der Waals surface area (Å²) in [4.78, 5) is 17.7. The number of thiophene rings is 1. The molecule has 0 aliphatic rings. The first kappa shape index (κ1) is 13.7. The van der Waals surface area contributed by atoms with Gasteiger partial charge in [0, 0.05) is 12.0 Å². The van der Waals surface area contributed by atoms with Crippen molar-refractivity contribution in [3.05, 3.63) is 33.6 Å². The van der Waals surface area contributed by atoms with Gasteiger partial charge < -0.3 is 14.6 Å². The Morgan fingerprint density at radius 2 is 2.37 bits per heavy atom. The molecular weight excluding hydrogens is 266 g/mol. The van der Waals surface area contributed by atoms with Crippen LogP contribution in [-0.4, -0.2) is 29.8 Å². The maximum atomic E-state index is 11.8. The Morgan fingerprint density at radius 1 is 1.53 bits per heavy atom. The molecule has 1 amide bonds. The van der Waals surface area contributed by atoms with Crippen molar-refractivity contribution < 1.29 is 14.1 Å². The number of rotatable bonds is 6. The number of aryl methyl sites for hydroxylation is 1. The largest absolute Gasteiger partial charge is 0.384 e. The molecule has 0 saturated carbocycles. The standard InChI is InChI=1S/C12H15N3O3S/c1-8-3-4-9(19-8)12(16)13-7-10-14-11(18-15-10)5-6-17-2/h3-4H,5-7H2,1-2H3,(H,13,16). The van der Waals surface area contributed by atoms with Crippen LogP contribution in [0.5, 0.6) is 0 Å². The molecule has 102 valence electrons. The molecule has 6 nitrogen and oxygen atoms in total. The minimum atomic E-state index is -0.124. The average Bonchev–Trinajstić information content (AvgIpc) is 3.02. The van der Waals surface area contributed by atoms with Crippen molar-refractivity contribution in [1.29, 1.82) is 0 Å². The van der Waals surface area contributed by atoms with Gasteiger partial charge >= 0.3 is 0 Å². The molecule has 0 aromatic carbocycles. The summed E-state index contributed by atoms with van der Waals surface area (Å²) < 4.78 is 9.94. The Hall–Kier alpha value is -1.73. The van der Waals surface area contributed by atoms with Crippen LogP contribution in [0.3, 0.4) is 0 Å². The lowest BCUT2D eigenvalue weighted by molar-refractivity contribution is 0.0953.